The first-order valence-electron chi connectivity index (χ1n) is 9.92. The summed E-state index contributed by atoms with van der Waals surface area (Å²) in [6, 6.07) is 9.69. The molecule has 4 rings (SSSR count). The SMILES string of the molecule is CCOC1C2CCC1N(C(=O)c1ccnc3ccccc13)CCO2.O=C(O)C(F)(F)F. The Morgan fingerprint density at radius 3 is 2.65 bits per heavy atom. The van der Waals surface area contributed by atoms with Gasteiger partial charge in [0.25, 0.3) is 5.91 Å². The molecule has 1 aliphatic heterocycles. The number of aromatic nitrogens is 1. The van der Waals surface area contributed by atoms with Crippen molar-refractivity contribution in [2.75, 3.05) is 19.8 Å². The highest BCUT2D eigenvalue weighted by atomic mass is 19.4. The van der Waals surface area contributed by atoms with Gasteiger partial charge < -0.3 is 19.5 Å². The van der Waals surface area contributed by atoms with E-state index >= 15 is 0 Å². The van der Waals surface area contributed by atoms with Crippen LogP contribution in [0.1, 0.15) is 30.1 Å². The van der Waals surface area contributed by atoms with Gasteiger partial charge in [-0.2, -0.15) is 13.2 Å². The predicted molar refractivity (Wildman–Crippen MR) is 105 cm³/mol. The molecule has 7 nitrogen and oxygen atoms in total. The number of ether oxygens (including phenoxy) is 2. The average Bonchev–Trinajstić information content (AvgIpc) is 3.02. The number of fused-ring (bicyclic) bond motifs is 3. The molecule has 0 spiro atoms. The van der Waals surface area contributed by atoms with Gasteiger partial charge in [-0.05, 0) is 31.9 Å². The second kappa shape index (κ2) is 9.61. The Hall–Kier alpha value is -2.72. The molecule has 1 saturated carbocycles. The van der Waals surface area contributed by atoms with E-state index in [4.69, 9.17) is 19.4 Å². The van der Waals surface area contributed by atoms with E-state index in [0.717, 1.165) is 23.7 Å². The van der Waals surface area contributed by atoms with Crippen LogP contribution in [0.2, 0.25) is 0 Å². The summed E-state index contributed by atoms with van der Waals surface area (Å²) in [5.41, 5.74) is 1.56. The quantitative estimate of drug-likeness (QED) is 0.788. The first-order chi connectivity index (χ1) is 14.7. The minimum Gasteiger partial charge on any atom is -0.475 e. The summed E-state index contributed by atoms with van der Waals surface area (Å²) in [4.78, 5) is 28.5. The first kappa shape index (κ1) is 23.0. The van der Waals surface area contributed by atoms with Crippen LogP contribution in [0.5, 0.6) is 0 Å². The highest BCUT2D eigenvalue weighted by Gasteiger charge is 2.44. The van der Waals surface area contributed by atoms with Crippen LogP contribution in [0.4, 0.5) is 13.2 Å². The minimum absolute atomic E-state index is 0.0189. The van der Waals surface area contributed by atoms with Gasteiger partial charge in [0.15, 0.2) is 0 Å². The number of hydrogen-bond donors (Lipinski definition) is 1. The first-order valence-corrected chi connectivity index (χ1v) is 9.92. The lowest BCUT2D eigenvalue weighted by Crippen LogP contribution is -2.46. The van der Waals surface area contributed by atoms with Gasteiger partial charge in [0.05, 0.1) is 29.8 Å². The number of para-hydroxylation sites is 1. The molecule has 1 amide bonds. The largest absolute Gasteiger partial charge is 0.490 e. The summed E-state index contributed by atoms with van der Waals surface area (Å²) >= 11 is 0. The maximum Gasteiger partial charge on any atom is 0.490 e. The normalized spacial score (nSPS) is 23.1. The van der Waals surface area contributed by atoms with Gasteiger partial charge in [0.1, 0.15) is 6.10 Å². The Kier molecular flexibility index (Phi) is 7.11. The van der Waals surface area contributed by atoms with E-state index in [1.807, 2.05) is 42.2 Å². The van der Waals surface area contributed by atoms with E-state index < -0.39 is 12.1 Å². The summed E-state index contributed by atoms with van der Waals surface area (Å²) in [5.74, 6) is -2.71. The van der Waals surface area contributed by atoms with E-state index in [9.17, 15) is 18.0 Å². The van der Waals surface area contributed by atoms with Crippen molar-refractivity contribution in [3.63, 3.8) is 0 Å². The van der Waals surface area contributed by atoms with Crippen molar-refractivity contribution >= 4 is 22.8 Å². The van der Waals surface area contributed by atoms with Crippen LogP contribution in [0, 0.1) is 0 Å². The zero-order valence-electron chi connectivity index (χ0n) is 16.8. The molecule has 2 aliphatic rings. The number of aliphatic carboxylic acids is 1. The predicted octanol–water partition coefficient (Wildman–Crippen LogP) is 3.28. The molecule has 1 aromatic heterocycles. The van der Waals surface area contributed by atoms with Crippen molar-refractivity contribution in [1.29, 1.82) is 0 Å². The number of pyridine rings is 1. The number of nitrogens with zero attached hydrogens (tertiary/aromatic N) is 2. The number of carbonyl (C=O) groups is 2. The fourth-order valence-electron chi connectivity index (χ4n) is 3.99. The Morgan fingerprint density at radius 1 is 1.26 bits per heavy atom. The smallest absolute Gasteiger partial charge is 0.475 e. The third kappa shape index (κ3) is 5.13. The van der Waals surface area contributed by atoms with Crippen LogP contribution in [0.25, 0.3) is 10.9 Å². The molecule has 2 heterocycles. The number of alkyl halides is 3. The van der Waals surface area contributed by atoms with Gasteiger partial charge in [-0.15, -0.1) is 0 Å². The molecular formula is C21H23F3N2O5. The second-order valence-corrected chi connectivity index (χ2v) is 7.15. The summed E-state index contributed by atoms with van der Waals surface area (Å²) in [7, 11) is 0. The van der Waals surface area contributed by atoms with Gasteiger partial charge in [-0.25, -0.2) is 4.79 Å². The van der Waals surface area contributed by atoms with Gasteiger partial charge in [0, 0.05) is 24.7 Å². The van der Waals surface area contributed by atoms with Crippen LogP contribution in [-0.2, 0) is 14.3 Å². The fraction of sp³-hybridized carbons (Fsp3) is 0.476. The maximum atomic E-state index is 13.3. The van der Waals surface area contributed by atoms with Gasteiger partial charge in [-0.1, -0.05) is 18.2 Å². The number of carbonyl (C=O) groups excluding carboxylic acids is 1. The molecule has 2 fully saturated rings. The number of amides is 1. The average molecular weight is 440 g/mol. The standard InChI is InChI=1S/C19H22N2O3.C2HF3O2/c1-2-23-18-16-7-8-17(18)24-12-11-21(16)19(22)14-9-10-20-15-6-4-3-5-13(14)15;3-2(4,5)1(6)7/h3-6,9-10,16-18H,2,7-8,11-12H2,1H3;(H,6,7). The van der Waals surface area contributed by atoms with E-state index in [-0.39, 0.29) is 24.2 Å². The number of rotatable bonds is 3. The lowest BCUT2D eigenvalue weighted by molar-refractivity contribution is -0.192. The van der Waals surface area contributed by atoms with Crippen molar-refractivity contribution in [3.05, 3.63) is 42.1 Å². The molecule has 10 heteroatoms. The number of benzene rings is 1. The molecule has 2 bridgehead atoms. The Bertz CT molecular complexity index is 931. The molecule has 168 valence electrons. The third-order valence-corrected chi connectivity index (χ3v) is 5.30. The molecule has 1 N–H and O–H groups in total. The number of carboxylic acid groups (broad SMARTS) is 1. The zero-order chi connectivity index (χ0) is 22.6. The lowest BCUT2D eigenvalue weighted by Gasteiger charge is -2.31. The fourth-order valence-corrected chi connectivity index (χ4v) is 3.99. The second-order valence-electron chi connectivity index (χ2n) is 7.15. The topological polar surface area (TPSA) is 89.0 Å². The van der Waals surface area contributed by atoms with E-state index in [1.165, 1.54) is 0 Å². The zero-order valence-corrected chi connectivity index (χ0v) is 16.8. The molecule has 1 saturated heterocycles. The van der Waals surface area contributed by atoms with Crippen molar-refractivity contribution in [2.24, 2.45) is 0 Å². The van der Waals surface area contributed by atoms with Crippen LogP contribution in [0.3, 0.4) is 0 Å². The number of hydrogen-bond acceptors (Lipinski definition) is 5. The van der Waals surface area contributed by atoms with Gasteiger partial charge in [0.2, 0.25) is 0 Å². The molecule has 2 aromatic rings. The maximum absolute atomic E-state index is 13.3. The molecule has 0 radical (unpaired) electrons. The highest BCUT2D eigenvalue weighted by Crippen LogP contribution is 2.33. The van der Waals surface area contributed by atoms with Crippen LogP contribution >= 0.6 is 0 Å². The summed E-state index contributed by atoms with van der Waals surface area (Å²) in [6.45, 7) is 3.81. The summed E-state index contributed by atoms with van der Waals surface area (Å²) < 4.78 is 43.6. The van der Waals surface area contributed by atoms with Gasteiger partial charge in [-0.3, -0.25) is 9.78 Å². The molecule has 3 unspecified atom stereocenters. The summed E-state index contributed by atoms with van der Waals surface area (Å²) in [6.07, 6.45) is -1.39. The summed E-state index contributed by atoms with van der Waals surface area (Å²) in [5, 5.41) is 8.03. The van der Waals surface area contributed by atoms with Crippen molar-refractivity contribution in [1.82, 2.24) is 9.88 Å². The van der Waals surface area contributed by atoms with E-state index in [1.54, 1.807) is 6.20 Å². The number of carboxylic acids is 1. The Labute approximate surface area is 176 Å². The van der Waals surface area contributed by atoms with Crippen LogP contribution < -0.4 is 0 Å². The molecule has 1 aliphatic carbocycles. The van der Waals surface area contributed by atoms with E-state index in [0.29, 0.717) is 25.3 Å². The molecule has 31 heavy (non-hydrogen) atoms. The monoisotopic (exact) mass is 440 g/mol. The van der Waals surface area contributed by atoms with E-state index in [2.05, 4.69) is 4.98 Å². The molecule has 3 atom stereocenters. The van der Waals surface area contributed by atoms with Gasteiger partial charge >= 0.3 is 12.1 Å². The minimum atomic E-state index is -5.08. The Balaban J connectivity index is 0.000000339. The molecule has 1 aromatic carbocycles. The van der Waals surface area contributed by atoms with Crippen molar-refractivity contribution in [3.8, 4) is 0 Å². The van der Waals surface area contributed by atoms with Crippen LogP contribution in [-0.4, -0.2) is 71.1 Å². The van der Waals surface area contributed by atoms with Crippen molar-refractivity contribution < 1.29 is 37.3 Å². The molecular weight excluding hydrogens is 417 g/mol. The van der Waals surface area contributed by atoms with Crippen LogP contribution in [0.15, 0.2) is 36.5 Å². The van der Waals surface area contributed by atoms with Crippen molar-refractivity contribution in [2.45, 2.75) is 44.2 Å². The number of halogens is 3. The third-order valence-electron chi connectivity index (χ3n) is 5.30. The Morgan fingerprint density at radius 2 is 1.97 bits per heavy atom. The lowest BCUT2D eigenvalue weighted by atomic mass is 10.1. The highest BCUT2D eigenvalue weighted by molar-refractivity contribution is 6.06.